The van der Waals surface area contributed by atoms with Gasteiger partial charge in [0.1, 0.15) is 5.52 Å². The number of nitrogens with zero attached hydrogens (tertiary/aromatic N) is 2. The minimum absolute atomic E-state index is 0.652. The predicted octanol–water partition coefficient (Wildman–Crippen LogP) is 13.3. The Kier molecular flexibility index (Phi) is 6.36. The van der Waals surface area contributed by atoms with Crippen molar-refractivity contribution in [3.05, 3.63) is 170 Å². The van der Waals surface area contributed by atoms with Gasteiger partial charge in [0.25, 0.3) is 0 Å². The van der Waals surface area contributed by atoms with Crippen LogP contribution in [0, 0.1) is 0 Å². The van der Waals surface area contributed by atoms with Gasteiger partial charge in [0, 0.05) is 42.5 Å². The zero-order valence-corrected chi connectivity index (χ0v) is 27.2. The topological polar surface area (TPSA) is 29.3 Å². The third kappa shape index (κ3) is 4.61. The van der Waals surface area contributed by atoms with Crippen molar-refractivity contribution in [2.45, 2.75) is 0 Å². The summed E-state index contributed by atoms with van der Waals surface area (Å²) >= 11 is 1.81. The minimum atomic E-state index is 0.652. The summed E-state index contributed by atoms with van der Waals surface area (Å²) in [6.07, 6.45) is 0. The summed E-state index contributed by atoms with van der Waals surface area (Å²) in [5.41, 5.74) is 8.48. The van der Waals surface area contributed by atoms with E-state index in [0.717, 1.165) is 33.7 Å². The van der Waals surface area contributed by atoms with Crippen LogP contribution in [0.15, 0.2) is 174 Å². The average molecular weight is 645 g/mol. The molecule has 2 heterocycles. The third-order valence-electron chi connectivity index (χ3n) is 9.50. The van der Waals surface area contributed by atoms with Crippen LogP contribution in [-0.4, -0.2) is 4.98 Å². The molecule has 230 valence electrons. The molecule has 0 saturated heterocycles. The molecule has 0 aliphatic rings. The van der Waals surface area contributed by atoms with Crippen LogP contribution in [0.25, 0.3) is 75.4 Å². The van der Waals surface area contributed by atoms with Crippen molar-refractivity contribution in [2.24, 2.45) is 0 Å². The van der Waals surface area contributed by atoms with Crippen molar-refractivity contribution in [3.63, 3.8) is 0 Å². The molecule has 0 saturated carbocycles. The number of oxazole rings is 1. The lowest BCUT2D eigenvalue weighted by atomic mass is 9.98. The first-order chi connectivity index (χ1) is 24.3. The van der Waals surface area contributed by atoms with E-state index in [1.165, 1.54) is 52.8 Å². The second-order valence-corrected chi connectivity index (χ2v) is 13.4. The first kappa shape index (κ1) is 27.8. The Hall–Kier alpha value is -6.23. The van der Waals surface area contributed by atoms with E-state index >= 15 is 0 Å². The Morgan fingerprint density at radius 3 is 2.02 bits per heavy atom. The van der Waals surface area contributed by atoms with Crippen molar-refractivity contribution >= 4 is 81.2 Å². The summed E-state index contributed by atoms with van der Waals surface area (Å²) in [6.45, 7) is 0. The van der Waals surface area contributed by atoms with E-state index in [4.69, 9.17) is 9.40 Å². The van der Waals surface area contributed by atoms with Gasteiger partial charge in [-0.3, -0.25) is 0 Å². The van der Waals surface area contributed by atoms with Gasteiger partial charge in [-0.2, -0.15) is 0 Å². The lowest BCUT2D eigenvalue weighted by Crippen LogP contribution is -2.10. The molecule has 0 amide bonds. The van der Waals surface area contributed by atoms with Crippen LogP contribution >= 0.6 is 11.3 Å². The van der Waals surface area contributed by atoms with E-state index in [9.17, 15) is 0 Å². The standard InChI is InChI=1S/C45H28N2OS/c1-3-14-34-29(10-1)12-7-16-35(34)31-22-24-32(25-23-31)47(40-19-8-13-30-11-2-4-15-36(30)40)33-26-27-37-43(28-33)49-42-21-9-17-38(44(37)42)45-46-39-18-5-6-20-41(39)48-45/h1-28H. The van der Waals surface area contributed by atoms with Crippen LogP contribution < -0.4 is 4.90 Å². The Bertz CT molecular complexity index is 2800. The quantitative estimate of drug-likeness (QED) is 0.187. The van der Waals surface area contributed by atoms with E-state index in [0.29, 0.717) is 5.89 Å². The van der Waals surface area contributed by atoms with E-state index in [1.54, 1.807) is 0 Å². The number of aromatic nitrogens is 1. The fourth-order valence-electron chi connectivity index (χ4n) is 7.22. The SMILES string of the molecule is c1ccc2c(-c3ccc(N(c4ccc5c(c4)sc4cccc(-c6nc7ccccc7o6)c45)c4cccc5ccccc45)cc3)cccc2c1. The van der Waals surface area contributed by atoms with Gasteiger partial charge in [0.05, 0.1) is 5.69 Å². The van der Waals surface area contributed by atoms with Gasteiger partial charge in [-0.05, 0) is 81.9 Å². The molecule has 0 fully saturated rings. The summed E-state index contributed by atoms with van der Waals surface area (Å²) in [4.78, 5) is 7.24. The number of anilines is 3. The second-order valence-electron chi connectivity index (χ2n) is 12.4. The summed E-state index contributed by atoms with van der Waals surface area (Å²) in [5.74, 6) is 0.652. The summed E-state index contributed by atoms with van der Waals surface area (Å²) in [5, 5.41) is 7.30. The van der Waals surface area contributed by atoms with Crippen LogP contribution in [0.5, 0.6) is 0 Å². The van der Waals surface area contributed by atoms with Gasteiger partial charge in [-0.15, -0.1) is 11.3 Å². The van der Waals surface area contributed by atoms with Gasteiger partial charge in [0.2, 0.25) is 5.89 Å². The van der Waals surface area contributed by atoms with Gasteiger partial charge in [0.15, 0.2) is 5.58 Å². The fourth-order valence-corrected chi connectivity index (χ4v) is 8.38. The van der Waals surface area contributed by atoms with E-state index < -0.39 is 0 Å². The van der Waals surface area contributed by atoms with E-state index in [1.807, 2.05) is 35.6 Å². The molecule has 3 nitrogen and oxygen atoms in total. The summed E-state index contributed by atoms with van der Waals surface area (Å²) in [7, 11) is 0. The first-order valence-electron chi connectivity index (χ1n) is 16.5. The highest BCUT2D eigenvalue weighted by Crippen LogP contribution is 2.45. The molecule has 10 rings (SSSR count). The monoisotopic (exact) mass is 644 g/mol. The van der Waals surface area contributed by atoms with Crippen LogP contribution in [0.2, 0.25) is 0 Å². The zero-order chi connectivity index (χ0) is 32.3. The molecule has 2 aromatic heterocycles. The molecule has 8 aromatic carbocycles. The predicted molar refractivity (Wildman–Crippen MR) is 207 cm³/mol. The maximum absolute atomic E-state index is 6.25. The van der Waals surface area contributed by atoms with Crippen LogP contribution in [0.4, 0.5) is 17.1 Å². The molecule has 0 unspecified atom stereocenters. The largest absolute Gasteiger partial charge is 0.436 e. The number of benzene rings is 8. The third-order valence-corrected chi connectivity index (χ3v) is 10.6. The van der Waals surface area contributed by atoms with Crippen LogP contribution in [0.1, 0.15) is 0 Å². The molecule has 4 heteroatoms. The lowest BCUT2D eigenvalue weighted by molar-refractivity contribution is 0.620. The van der Waals surface area contributed by atoms with Gasteiger partial charge < -0.3 is 9.32 Å². The van der Waals surface area contributed by atoms with Gasteiger partial charge >= 0.3 is 0 Å². The van der Waals surface area contributed by atoms with Crippen LogP contribution in [0.3, 0.4) is 0 Å². The van der Waals surface area contributed by atoms with Gasteiger partial charge in [-0.1, -0.05) is 115 Å². The Labute approximate surface area is 286 Å². The van der Waals surface area contributed by atoms with Crippen molar-refractivity contribution in [1.82, 2.24) is 4.98 Å². The lowest BCUT2D eigenvalue weighted by Gasteiger charge is -2.27. The highest BCUT2D eigenvalue weighted by atomic mass is 32.1. The molecular formula is C45H28N2OS. The van der Waals surface area contributed by atoms with Crippen molar-refractivity contribution in [2.75, 3.05) is 4.90 Å². The van der Waals surface area contributed by atoms with Crippen LogP contribution in [-0.2, 0) is 0 Å². The highest BCUT2D eigenvalue weighted by Gasteiger charge is 2.19. The molecule has 0 N–H and O–H groups in total. The Morgan fingerprint density at radius 1 is 0.490 bits per heavy atom. The van der Waals surface area contributed by atoms with E-state index in [-0.39, 0.29) is 0 Å². The second kappa shape index (κ2) is 11.2. The molecule has 0 radical (unpaired) electrons. The maximum atomic E-state index is 6.25. The molecule has 0 aliphatic carbocycles. The molecular weight excluding hydrogens is 617 g/mol. The smallest absolute Gasteiger partial charge is 0.227 e. The maximum Gasteiger partial charge on any atom is 0.227 e. The minimum Gasteiger partial charge on any atom is -0.436 e. The number of hydrogen-bond acceptors (Lipinski definition) is 4. The number of para-hydroxylation sites is 2. The zero-order valence-electron chi connectivity index (χ0n) is 26.4. The fraction of sp³-hybridized carbons (Fsp3) is 0. The van der Waals surface area contributed by atoms with Gasteiger partial charge in [-0.25, -0.2) is 4.98 Å². The Morgan fingerprint density at radius 2 is 1.16 bits per heavy atom. The molecule has 10 aromatic rings. The number of rotatable bonds is 5. The number of hydrogen-bond donors (Lipinski definition) is 0. The van der Waals surface area contributed by atoms with Crippen molar-refractivity contribution in [3.8, 4) is 22.6 Å². The molecule has 0 aliphatic heterocycles. The van der Waals surface area contributed by atoms with E-state index in [2.05, 4.69) is 150 Å². The van der Waals surface area contributed by atoms with Crippen molar-refractivity contribution < 1.29 is 4.42 Å². The average Bonchev–Trinajstić information content (AvgIpc) is 3.77. The number of fused-ring (bicyclic) bond motifs is 6. The summed E-state index contributed by atoms with van der Waals surface area (Å²) in [6, 6.07) is 60.5. The highest BCUT2D eigenvalue weighted by molar-refractivity contribution is 7.26. The molecule has 0 atom stereocenters. The summed E-state index contributed by atoms with van der Waals surface area (Å²) < 4.78 is 8.68. The first-order valence-corrected chi connectivity index (χ1v) is 17.3. The molecule has 49 heavy (non-hydrogen) atoms. The normalized spacial score (nSPS) is 11.7. The number of thiophene rings is 1. The Balaban J connectivity index is 1.14. The molecule has 0 spiro atoms. The van der Waals surface area contributed by atoms with Crippen molar-refractivity contribution in [1.29, 1.82) is 0 Å². The molecule has 0 bridgehead atoms.